The second kappa shape index (κ2) is 5.73. The van der Waals surface area contributed by atoms with Crippen molar-refractivity contribution < 1.29 is 24.2 Å². The number of ether oxygens (including phenoxy) is 1. The topological polar surface area (TPSA) is 83.9 Å². The van der Waals surface area contributed by atoms with Gasteiger partial charge in [-0.25, -0.2) is 9.69 Å². The van der Waals surface area contributed by atoms with Crippen LogP contribution >= 0.6 is 11.6 Å². The van der Waals surface area contributed by atoms with Crippen molar-refractivity contribution >= 4 is 29.4 Å². The van der Waals surface area contributed by atoms with Crippen molar-refractivity contribution in [3.8, 4) is 5.75 Å². The SMILES string of the molecule is O=C(OCN1C(=O)c2ccccc2C1=O)c1ccc(Cl)cc1O. The lowest BCUT2D eigenvalue weighted by molar-refractivity contribution is 0.0226. The highest BCUT2D eigenvalue weighted by molar-refractivity contribution is 6.30. The zero-order valence-electron chi connectivity index (χ0n) is 11.7. The number of hydrogen-bond donors (Lipinski definition) is 1. The summed E-state index contributed by atoms with van der Waals surface area (Å²) < 4.78 is 4.95. The zero-order chi connectivity index (χ0) is 16.6. The summed E-state index contributed by atoms with van der Waals surface area (Å²) in [5.41, 5.74) is 0.428. The maximum absolute atomic E-state index is 12.1. The number of aromatic hydroxyl groups is 1. The lowest BCUT2D eigenvalue weighted by atomic mass is 10.1. The molecule has 1 heterocycles. The van der Waals surface area contributed by atoms with Crippen LogP contribution in [0, 0.1) is 0 Å². The Kier molecular flexibility index (Phi) is 3.75. The monoisotopic (exact) mass is 331 g/mol. The van der Waals surface area contributed by atoms with Gasteiger partial charge in [-0.15, -0.1) is 0 Å². The fraction of sp³-hybridized carbons (Fsp3) is 0.0625. The van der Waals surface area contributed by atoms with E-state index in [1.807, 2.05) is 0 Å². The second-order valence-corrected chi connectivity index (χ2v) is 5.24. The summed E-state index contributed by atoms with van der Waals surface area (Å²) in [6, 6.07) is 10.3. The van der Waals surface area contributed by atoms with Gasteiger partial charge < -0.3 is 9.84 Å². The molecule has 1 aliphatic heterocycles. The van der Waals surface area contributed by atoms with Crippen LogP contribution in [0.2, 0.25) is 5.02 Å². The predicted octanol–water partition coefficient (Wildman–Crippen LogP) is 2.46. The molecule has 0 unspecified atom stereocenters. The van der Waals surface area contributed by atoms with Crippen LogP contribution < -0.4 is 0 Å². The molecule has 2 amide bonds. The normalized spacial score (nSPS) is 13.2. The Hall–Kier alpha value is -2.86. The third-order valence-corrected chi connectivity index (χ3v) is 3.62. The first kappa shape index (κ1) is 15.1. The van der Waals surface area contributed by atoms with Crippen LogP contribution in [0.1, 0.15) is 31.1 Å². The van der Waals surface area contributed by atoms with Crippen LogP contribution in [0.25, 0.3) is 0 Å². The number of benzene rings is 2. The van der Waals surface area contributed by atoms with Gasteiger partial charge >= 0.3 is 5.97 Å². The number of rotatable bonds is 3. The summed E-state index contributed by atoms with van der Waals surface area (Å²) in [4.78, 5) is 37.0. The molecule has 0 saturated carbocycles. The molecule has 2 aromatic carbocycles. The molecule has 2 aromatic rings. The van der Waals surface area contributed by atoms with Crippen molar-refractivity contribution in [2.24, 2.45) is 0 Å². The van der Waals surface area contributed by atoms with E-state index < -0.39 is 24.5 Å². The largest absolute Gasteiger partial charge is 0.507 e. The Bertz CT molecular complexity index is 798. The molecule has 1 N–H and O–H groups in total. The number of amides is 2. The van der Waals surface area contributed by atoms with Crippen LogP contribution in [0.3, 0.4) is 0 Å². The van der Waals surface area contributed by atoms with Gasteiger partial charge in [0.25, 0.3) is 11.8 Å². The number of carbonyl (C=O) groups excluding carboxylic acids is 3. The minimum absolute atomic E-state index is 0.106. The molecule has 0 spiro atoms. The van der Waals surface area contributed by atoms with Gasteiger partial charge in [0.15, 0.2) is 6.73 Å². The number of halogens is 1. The highest BCUT2D eigenvalue weighted by Crippen LogP contribution is 2.24. The second-order valence-electron chi connectivity index (χ2n) is 4.81. The number of fused-ring (bicyclic) bond motifs is 1. The highest BCUT2D eigenvalue weighted by atomic mass is 35.5. The number of carbonyl (C=O) groups is 3. The van der Waals surface area contributed by atoms with Crippen molar-refractivity contribution in [3.63, 3.8) is 0 Å². The van der Waals surface area contributed by atoms with Crippen LogP contribution in [-0.2, 0) is 4.74 Å². The lowest BCUT2D eigenvalue weighted by Gasteiger charge is -2.14. The van der Waals surface area contributed by atoms with E-state index in [-0.39, 0.29) is 27.5 Å². The molecule has 23 heavy (non-hydrogen) atoms. The van der Waals surface area contributed by atoms with E-state index in [0.717, 1.165) is 4.90 Å². The summed E-state index contributed by atoms with van der Waals surface area (Å²) in [7, 11) is 0. The molecule has 3 rings (SSSR count). The van der Waals surface area contributed by atoms with Gasteiger partial charge in [-0.05, 0) is 30.3 Å². The van der Waals surface area contributed by atoms with Gasteiger partial charge in [-0.3, -0.25) is 9.59 Å². The Morgan fingerprint density at radius 3 is 2.26 bits per heavy atom. The first-order valence-electron chi connectivity index (χ1n) is 6.60. The molecular formula is C16H10ClNO5. The Morgan fingerprint density at radius 2 is 1.70 bits per heavy atom. The van der Waals surface area contributed by atoms with Gasteiger partial charge in [0.05, 0.1) is 11.1 Å². The molecule has 0 aliphatic carbocycles. The van der Waals surface area contributed by atoms with Gasteiger partial charge in [0, 0.05) is 5.02 Å². The summed E-state index contributed by atoms with van der Waals surface area (Å²) >= 11 is 5.68. The first-order chi connectivity index (χ1) is 11.0. The van der Waals surface area contributed by atoms with E-state index in [4.69, 9.17) is 16.3 Å². The number of phenols is 1. The first-order valence-corrected chi connectivity index (χ1v) is 6.97. The van der Waals surface area contributed by atoms with Crippen molar-refractivity contribution in [3.05, 3.63) is 64.2 Å². The van der Waals surface area contributed by atoms with E-state index in [1.54, 1.807) is 12.1 Å². The average molecular weight is 332 g/mol. The molecule has 0 atom stereocenters. The van der Waals surface area contributed by atoms with Crippen LogP contribution in [-0.4, -0.2) is 34.5 Å². The Morgan fingerprint density at radius 1 is 1.09 bits per heavy atom. The maximum Gasteiger partial charge on any atom is 0.343 e. The quantitative estimate of drug-likeness (QED) is 0.690. The predicted molar refractivity (Wildman–Crippen MR) is 80.3 cm³/mol. The van der Waals surface area contributed by atoms with E-state index in [0.29, 0.717) is 0 Å². The molecule has 7 heteroatoms. The standard InChI is InChI=1S/C16H10ClNO5/c17-9-5-6-12(13(19)7-9)16(22)23-8-18-14(20)10-3-1-2-4-11(10)15(18)21/h1-7,19H,8H2. The molecule has 0 aromatic heterocycles. The third-order valence-electron chi connectivity index (χ3n) is 3.38. The molecule has 0 bridgehead atoms. The van der Waals surface area contributed by atoms with Gasteiger partial charge in [0.1, 0.15) is 11.3 Å². The third kappa shape index (κ3) is 2.64. The van der Waals surface area contributed by atoms with Crippen molar-refractivity contribution in [2.75, 3.05) is 6.73 Å². The number of hydrogen-bond acceptors (Lipinski definition) is 5. The van der Waals surface area contributed by atoms with Crippen LogP contribution in [0.15, 0.2) is 42.5 Å². The molecular weight excluding hydrogens is 322 g/mol. The molecule has 0 saturated heterocycles. The molecule has 0 radical (unpaired) electrons. The van der Waals surface area contributed by atoms with Gasteiger partial charge in [0.2, 0.25) is 0 Å². The Labute approximate surface area is 135 Å². The summed E-state index contributed by atoms with van der Waals surface area (Å²) in [5, 5.41) is 9.93. The summed E-state index contributed by atoms with van der Waals surface area (Å²) in [6.45, 7) is -0.534. The van der Waals surface area contributed by atoms with Crippen molar-refractivity contribution in [1.29, 1.82) is 0 Å². The van der Waals surface area contributed by atoms with Crippen molar-refractivity contribution in [1.82, 2.24) is 4.90 Å². The van der Waals surface area contributed by atoms with E-state index in [2.05, 4.69) is 0 Å². The maximum atomic E-state index is 12.1. The van der Waals surface area contributed by atoms with Crippen LogP contribution in [0.4, 0.5) is 0 Å². The Balaban J connectivity index is 1.73. The van der Waals surface area contributed by atoms with Crippen LogP contribution in [0.5, 0.6) is 5.75 Å². The van der Waals surface area contributed by atoms with Gasteiger partial charge in [-0.1, -0.05) is 23.7 Å². The zero-order valence-corrected chi connectivity index (χ0v) is 12.4. The van der Waals surface area contributed by atoms with E-state index >= 15 is 0 Å². The van der Waals surface area contributed by atoms with Crippen molar-refractivity contribution in [2.45, 2.75) is 0 Å². The summed E-state index contributed by atoms with van der Waals surface area (Å²) in [6.07, 6.45) is 0. The lowest BCUT2D eigenvalue weighted by Crippen LogP contribution is -2.33. The molecule has 0 fully saturated rings. The minimum Gasteiger partial charge on any atom is -0.507 e. The fourth-order valence-electron chi connectivity index (χ4n) is 2.23. The fourth-order valence-corrected chi connectivity index (χ4v) is 2.40. The highest BCUT2D eigenvalue weighted by Gasteiger charge is 2.35. The minimum atomic E-state index is -0.865. The smallest absolute Gasteiger partial charge is 0.343 e. The van der Waals surface area contributed by atoms with E-state index in [9.17, 15) is 19.5 Å². The molecule has 6 nitrogen and oxygen atoms in total. The number of imide groups is 1. The van der Waals surface area contributed by atoms with Gasteiger partial charge in [-0.2, -0.15) is 0 Å². The summed E-state index contributed by atoms with van der Waals surface area (Å²) in [5.74, 6) is -2.27. The number of phenolic OH excluding ortho intramolecular Hbond substituents is 1. The molecule has 1 aliphatic rings. The van der Waals surface area contributed by atoms with E-state index in [1.165, 1.54) is 30.3 Å². The number of nitrogens with zero attached hydrogens (tertiary/aromatic N) is 1. The average Bonchev–Trinajstić information content (AvgIpc) is 2.77. The molecule has 116 valence electrons. The number of esters is 1.